The fourth-order valence-corrected chi connectivity index (χ4v) is 3.76. The number of hydrogen-bond donors (Lipinski definition) is 1. The molecule has 3 rings (SSSR count). The number of nitrogens with zero attached hydrogens (tertiary/aromatic N) is 3. The smallest absolute Gasteiger partial charge is 0.337 e. The Bertz CT molecular complexity index is 764. The second kappa shape index (κ2) is 7.59. The Balaban J connectivity index is 2.02. The monoisotopic (exact) mass is 382 g/mol. The van der Waals surface area contributed by atoms with Crippen LogP contribution < -0.4 is 5.73 Å². The van der Waals surface area contributed by atoms with Gasteiger partial charge < -0.3 is 10.3 Å². The summed E-state index contributed by atoms with van der Waals surface area (Å²) in [5, 5.41) is 4.08. The van der Waals surface area contributed by atoms with E-state index in [0.29, 0.717) is 24.5 Å². The molecule has 1 aliphatic rings. The van der Waals surface area contributed by atoms with Crippen molar-refractivity contribution >= 4 is 0 Å². The normalized spacial score (nSPS) is 18.2. The molecule has 1 aromatic heterocycles. The predicted octanol–water partition coefficient (Wildman–Crippen LogP) is 4.25. The van der Waals surface area contributed by atoms with Crippen LogP contribution >= 0.6 is 0 Å². The molecule has 0 saturated heterocycles. The lowest BCUT2D eigenvalue weighted by Crippen LogP contribution is -2.35. The highest BCUT2D eigenvalue weighted by Crippen LogP contribution is 2.37. The van der Waals surface area contributed by atoms with E-state index in [4.69, 9.17) is 10.3 Å². The minimum absolute atomic E-state index is 0.282. The Morgan fingerprint density at radius 3 is 2.48 bits per heavy atom. The summed E-state index contributed by atoms with van der Waals surface area (Å²) in [7, 11) is 0. The summed E-state index contributed by atoms with van der Waals surface area (Å²) in [6, 6.07) is 4.74. The number of rotatable bonds is 6. The molecule has 0 bridgehead atoms. The van der Waals surface area contributed by atoms with E-state index in [0.717, 1.165) is 37.8 Å². The molecule has 1 aliphatic carbocycles. The zero-order valence-corrected chi connectivity index (χ0v) is 15.6. The van der Waals surface area contributed by atoms with E-state index < -0.39 is 23.3 Å². The Morgan fingerprint density at radius 1 is 1.22 bits per heavy atom. The van der Waals surface area contributed by atoms with Gasteiger partial charge in [-0.25, -0.2) is 0 Å². The third kappa shape index (κ3) is 4.01. The molecule has 0 amide bonds. The summed E-state index contributed by atoms with van der Waals surface area (Å²) >= 11 is 0. The maximum Gasteiger partial charge on any atom is 0.416 e. The van der Waals surface area contributed by atoms with Crippen molar-refractivity contribution in [2.75, 3.05) is 13.1 Å². The molecule has 1 unspecified atom stereocenters. The van der Waals surface area contributed by atoms with Crippen LogP contribution in [0.15, 0.2) is 28.8 Å². The van der Waals surface area contributed by atoms with E-state index >= 15 is 0 Å². The van der Waals surface area contributed by atoms with Crippen LogP contribution in [0.2, 0.25) is 0 Å². The van der Waals surface area contributed by atoms with Gasteiger partial charge in [-0.1, -0.05) is 44.0 Å². The third-order valence-corrected chi connectivity index (χ3v) is 5.32. The fourth-order valence-electron chi connectivity index (χ4n) is 3.76. The molecule has 2 aromatic rings. The number of aromatic nitrogens is 2. The third-order valence-electron chi connectivity index (χ3n) is 5.32. The summed E-state index contributed by atoms with van der Waals surface area (Å²) in [4.78, 5) is 6.51. The summed E-state index contributed by atoms with van der Waals surface area (Å²) in [5.41, 5.74) is 5.58. The molecule has 1 aromatic carbocycles. The van der Waals surface area contributed by atoms with Crippen molar-refractivity contribution in [1.82, 2.24) is 15.0 Å². The van der Waals surface area contributed by atoms with Gasteiger partial charge in [0.25, 0.3) is 0 Å². The van der Waals surface area contributed by atoms with E-state index in [-0.39, 0.29) is 5.89 Å². The highest BCUT2D eigenvalue weighted by Gasteiger charge is 2.38. The van der Waals surface area contributed by atoms with Crippen LogP contribution in [0.4, 0.5) is 13.2 Å². The minimum Gasteiger partial charge on any atom is -0.337 e. The van der Waals surface area contributed by atoms with Crippen molar-refractivity contribution in [2.45, 2.75) is 57.3 Å². The van der Waals surface area contributed by atoms with Gasteiger partial charge in [0.05, 0.1) is 11.1 Å². The van der Waals surface area contributed by atoms with Crippen molar-refractivity contribution < 1.29 is 17.7 Å². The van der Waals surface area contributed by atoms with Gasteiger partial charge in [-0.3, -0.25) is 4.90 Å². The van der Waals surface area contributed by atoms with Crippen LogP contribution in [0.3, 0.4) is 0 Å². The molecule has 0 aliphatic heterocycles. The van der Waals surface area contributed by atoms with Crippen molar-refractivity contribution in [3.8, 4) is 0 Å². The molecule has 1 heterocycles. The van der Waals surface area contributed by atoms with E-state index in [9.17, 15) is 13.2 Å². The van der Waals surface area contributed by atoms with Gasteiger partial charge in [0.15, 0.2) is 5.82 Å². The Labute approximate surface area is 156 Å². The number of benzene rings is 1. The topological polar surface area (TPSA) is 68.2 Å². The lowest BCUT2D eigenvalue weighted by molar-refractivity contribution is -0.137. The van der Waals surface area contributed by atoms with Gasteiger partial charge in [-0.2, -0.15) is 18.2 Å². The quantitative estimate of drug-likeness (QED) is 0.809. The second-order valence-electron chi connectivity index (χ2n) is 7.07. The molecular formula is C19H25F3N4O. The Hall–Kier alpha value is -1.93. The number of halogens is 3. The maximum atomic E-state index is 13.2. The van der Waals surface area contributed by atoms with Crippen molar-refractivity contribution in [3.63, 3.8) is 0 Å². The van der Waals surface area contributed by atoms with E-state index in [1.807, 2.05) is 18.7 Å². The summed E-state index contributed by atoms with van der Waals surface area (Å²) in [6.07, 6.45) is -0.827. The maximum absolute atomic E-state index is 13.2. The molecule has 27 heavy (non-hydrogen) atoms. The predicted molar refractivity (Wildman–Crippen MR) is 94.8 cm³/mol. The average molecular weight is 382 g/mol. The SMILES string of the molecule is CCN(CC)C(c1cccc(C(F)(F)F)c1)c1nc(C2(N)CCCC2)no1. The number of alkyl halides is 3. The lowest BCUT2D eigenvalue weighted by Gasteiger charge is -2.27. The van der Waals surface area contributed by atoms with Gasteiger partial charge in [0, 0.05) is 0 Å². The first kappa shape index (κ1) is 19.8. The van der Waals surface area contributed by atoms with E-state index in [2.05, 4.69) is 10.1 Å². The van der Waals surface area contributed by atoms with Gasteiger partial charge in [-0.05, 0) is 43.6 Å². The first-order valence-electron chi connectivity index (χ1n) is 9.32. The van der Waals surface area contributed by atoms with Gasteiger partial charge >= 0.3 is 6.18 Å². The van der Waals surface area contributed by atoms with Crippen molar-refractivity contribution in [3.05, 3.63) is 47.1 Å². The van der Waals surface area contributed by atoms with E-state index in [1.54, 1.807) is 6.07 Å². The molecule has 8 heteroatoms. The molecule has 1 atom stereocenters. The Kier molecular flexibility index (Phi) is 5.58. The number of nitrogens with two attached hydrogens (primary N) is 1. The standard InChI is InChI=1S/C19H25F3N4O/c1-3-26(4-2)15(13-8-7-9-14(12-13)19(20,21)22)16-24-17(25-27-16)18(23)10-5-6-11-18/h7-9,12,15H,3-6,10-11,23H2,1-2H3. The molecule has 1 saturated carbocycles. The average Bonchev–Trinajstić information content (AvgIpc) is 3.29. The van der Waals surface area contributed by atoms with Crippen molar-refractivity contribution in [2.24, 2.45) is 5.73 Å². The van der Waals surface area contributed by atoms with Crippen LogP contribution in [0.25, 0.3) is 0 Å². The summed E-state index contributed by atoms with van der Waals surface area (Å²) in [6.45, 7) is 5.15. The molecule has 5 nitrogen and oxygen atoms in total. The first-order valence-corrected chi connectivity index (χ1v) is 9.32. The van der Waals surface area contributed by atoms with Crippen LogP contribution in [0.1, 0.15) is 68.4 Å². The summed E-state index contributed by atoms with van der Waals surface area (Å²) in [5.74, 6) is 0.726. The molecule has 0 radical (unpaired) electrons. The van der Waals surface area contributed by atoms with Crippen LogP contribution in [0, 0.1) is 0 Å². The number of hydrogen-bond acceptors (Lipinski definition) is 5. The highest BCUT2D eigenvalue weighted by molar-refractivity contribution is 5.31. The first-order chi connectivity index (χ1) is 12.8. The van der Waals surface area contributed by atoms with Crippen LogP contribution in [-0.4, -0.2) is 28.1 Å². The molecule has 148 valence electrons. The minimum atomic E-state index is -4.41. The van der Waals surface area contributed by atoms with Gasteiger partial charge in [-0.15, -0.1) is 0 Å². The van der Waals surface area contributed by atoms with E-state index in [1.165, 1.54) is 6.07 Å². The zero-order valence-electron chi connectivity index (χ0n) is 15.6. The largest absolute Gasteiger partial charge is 0.416 e. The zero-order chi connectivity index (χ0) is 19.7. The fraction of sp³-hybridized carbons (Fsp3) is 0.579. The lowest BCUT2D eigenvalue weighted by atomic mass is 9.98. The van der Waals surface area contributed by atoms with Crippen LogP contribution in [0.5, 0.6) is 0 Å². The van der Waals surface area contributed by atoms with Crippen molar-refractivity contribution in [1.29, 1.82) is 0 Å². The van der Waals surface area contributed by atoms with Gasteiger partial charge in [0.2, 0.25) is 5.89 Å². The van der Waals surface area contributed by atoms with Gasteiger partial charge in [0.1, 0.15) is 6.04 Å². The highest BCUT2D eigenvalue weighted by atomic mass is 19.4. The second-order valence-corrected chi connectivity index (χ2v) is 7.07. The van der Waals surface area contributed by atoms with Crippen LogP contribution in [-0.2, 0) is 11.7 Å². The molecule has 2 N–H and O–H groups in total. The molecule has 1 fully saturated rings. The Morgan fingerprint density at radius 2 is 1.89 bits per heavy atom. The molecule has 0 spiro atoms. The summed E-state index contributed by atoms with van der Waals surface area (Å²) < 4.78 is 45.0. The molecular weight excluding hydrogens is 357 g/mol.